The number of fused-ring (bicyclic) bond motifs is 7. The predicted molar refractivity (Wildman–Crippen MR) is 225 cm³/mol. The molecule has 0 N–H and O–H groups in total. The highest BCUT2D eigenvalue weighted by Crippen LogP contribution is 2.45. The minimum absolute atomic E-state index is 0.608. The van der Waals surface area contributed by atoms with Crippen molar-refractivity contribution in [3.8, 4) is 33.7 Å². The number of benzene rings is 8. The van der Waals surface area contributed by atoms with E-state index in [-0.39, 0.29) is 0 Å². The van der Waals surface area contributed by atoms with Crippen molar-refractivity contribution in [3.05, 3.63) is 182 Å². The van der Waals surface area contributed by atoms with Crippen molar-refractivity contribution in [2.45, 2.75) is 0 Å². The fraction of sp³-hybridized carbons (Fsp3) is 0. The number of hydrogen-bond acceptors (Lipinski definition) is 5. The highest BCUT2D eigenvalue weighted by molar-refractivity contribution is 7.26. The SMILES string of the molecule is c1ccc(-c2ccc(N(c3ccc(-c4ccc5c(c4)oc4cc6oc(-c7ccccc7)nc6cc45)cc3)c3cccc4c3sc3ccccc34)cc2)cc1. The van der Waals surface area contributed by atoms with Crippen LogP contribution < -0.4 is 4.90 Å². The molecule has 0 amide bonds. The van der Waals surface area contributed by atoms with Gasteiger partial charge in [-0.25, -0.2) is 4.98 Å². The number of aromatic nitrogens is 1. The third-order valence-electron chi connectivity index (χ3n) is 10.3. The first-order chi connectivity index (χ1) is 26.7. The first kappa shape index (κ1) is 30.7. The van der Waals surface area contributed by atoms with Crippen molar-refractivity contribution in [1.29, 1.82) is 0 Å². The van der Waals surface area contributed by atoms with Gasteiger partial charge in [0.2, 0.25) is 5.89 Å². The molecule has 5 heteroatoms. The van der Waals surface area contributed by atoms with E-state index < -0.39 is 0 Å². The van der Waals surface area contributed by atoms with E-state index in [1.54, 1.807) is 0 Å². The van der Waals surface area contributed by atoms with Crippen molar-refractivity contribution in [1.82, 2.24) is 4.98 Å². The lowest BCUT2D eigenvalue weighted by Crippen LogP contribution is -2.10. The van der Waals surface area contributed by atoms with Crippen molar-refractivity contribution >= 4 is 81.6 Å². The molecule has 0 radical (unpaired) electrons. The number of furan rings is 1. The Hall–Kier alpha value is -6.95. The molecule has 54 heavy (non-hydrogen) atoms. The van der Waals surface area contributed by atoms with E-state index in [1.807, 2.05) is 47.7 Å². The maximum Gasteiger partial charge on any atom is 0.227 e. The van der Waals surface area contributed by atoms with Gasteiger partial charge in [0.05, 0.1) is 10.4 Å². The van der Waals surface area contributed by atoms with E-state index in [0.717, 1.165) is 61.2 Å². The largest absolute Gasteiger partial charge is 0.456 e. The zero-order chi connectivity index (χ0) is 35.6. The molecule has 11 rings (SSSR count). The summed E-state index contributed by atoms with van der Waals surface area (Å²) in [7, 11) is 0. The molecular formula is C49H30N2O2S. The molecule has 0 saturated heterocycles. The summed E-state index contributed by atoms with van der Waals surface area (Å²) in [6, 6.07) is 64.1. The second-order valence-electron chi connectivity index (χ2n) is 13.6. The van der Waals surface area contributed by atoms with Gasteiger partial charge in [-0.2, -0.15) is 0 Å². The van der Waals surface area contributed by atoms with Crippen LogP contribution in [0.25, 0.3) is 86.9 Å². The van der Waals surface area contributed by atoms with E-state index >= 15 is 0 Å². The molecule has 0 unspecified atom stereocenters. The summed E-state index contributed by atoms with van der Waals surface area (Å²) in [5, 5.41) is 4.64. The minimum atomic E-state index is 0.608. The van der Waals surface area contributed by atoms with Gasteiger partial charge in [0.25, 0.3) is 0 Å². The van der Waals surface area contributed by atoms with Gasteiger partial charge >= 0.3 is 0 Å². The summed E-state index contributed by atoms with van der Waals surface area (Å²) in [4.78, 5) is 7.17. The summed E-state index contributed by atoms with van der Waals surface area (Å²) in [5.74, 6) is 0.608. The van der Waals surface area contributed by atoms with Crippen LogP contribution in [0.2, 0.25) is 0 Å². The number of anilines is 3. The highest BCUT2D eigenvalue weighted by atomic mass is 32.1. The molecule has 0 atom stereocenters. The van der Waals surface area contributed by atoms with Crippen molar-refractivity contribution in [2.24, 2.45) is 0 Å². The van der Waals surface area contributed by atoms with Gasteiger partial charge in [-0.05, 0) is 89.0 Å². The molecule has 0 spiro atoms. The van der Waals surface area contributed by atoms with Crippen LogP contribution in [0.5, 0.6) is 0 Å². The Balaban J connectivity index is 0.978. The molecule has 3 heterocycles. The molecule has 254 valence electrons. The van der Waals surface area contributed by atoms with Gasteiger partial charge in [0.1, 0.15) is 16.7 Å². The molecule has 3 aromatic heterocycles. The minimum Gasteiger partial charge on any atom is -0.456 e. The molecule has 0 bridgehead atoms. The van der Waals surface area contributed by atoms with E-state index in [2.05, 4.69) is 150 Å². The fourth-order valence-corrected chi connectivity index (χ4v) is 8.86. The predicted octanol–water partition coefficient (Wildman–Crippen LogP) is 14.6. The van der Waals surface area contributed by atoms with E-state index in [4.69, 9.17) is 13.8 Å². The molecule has 0 saturated carbocycles. The van der Waals surface area contributed by atoms with Crippen molar-refractivity contribution in [2.75, 3.05) is 4.90 Å². The molecule has 0 aliphatic heterocycles. The molecule has 8 aromatic carbocycles. The lowest BCUT2D eigenvalue weighted by atomic mass is 10.0. The van der Waals surface area contributed by atoms with Gasteiger partial charge in [0.15, 0.2) is 5.58 Å². The number of hydrogen-bond donors (Lipinski definition) is 0. The third-order valence-corrected chi connectivity index (χ3v) is 11.5. The zero-order valence-corrected chi connectivity index (χ0v) is 29.8. The average molecular weight is 711 g/mol. The molecule has 11 aromatic rings. The Morgan fingerprint density at radius 2 is 1.02 bits per heavy atom. The zero-order valence-electron chi connectivity index (χ0n) is 28.9. The normalized spacial score (nSPS) is 11.7. The van der Waals surface area contributed by atoms with Crippen LogP contribution in [-0.2, 0) is 0 Å². The lowest BCUT2D eigenvalue weighted by molar-refractivity contribution is 0.617. The van der Waals surface area contributed by atoms with Gasteiger partial charge in [-0.1, -0.05) is 109 Å². The molecular weight excluding hydrogens is 681 g/mol. The van der Waals surface area contributed by atoms with Gasteiger partial charge in [0, 0.05) is 49.2 Å². The van der Waals surface area contributed by atoms with E-state index in [9.17, 15) is 0 Å². The Bertz CT molecular complexity index is 3140. The monoisotopic (exact) mass is 710 g/mol. The average Bonchev–Trinajstić information content (AvgIpc) is 3.94. The summed E-state index contributed by atoms with van der Waals surface area (Å²) in [5.41, 5.74) is 12.0. The van der Waals surface area contributed by atoms with Crippen LogP contribution in [0, 0.1) is 0 Å². The van der Waals surface area contributed by atoms with Crippen LogP contribution >= 0.6 is 11.3 Å². The highest BCUT2D eigenvalue weighted by Gasteiger charge is 2.19. The van der Waals surface area contributed by atoms with Crippen LogP contribution in [0.15, 0.2) is 191 Å². The summed E-state index contributed by atoms with van der Waals surface area (Å²) in [6.45, 7) is 0. The van der Waals surface area contributed by atoms with Gasteiger partial charge < -0.3 is 13.7 Å². The number of oxazole rings is 1. The van der Waals surface area contributed by atoms with Crippen molar-refractivity contribution < 1.29 is 8.83 Å². The summed E-state index contributed by atoms with van der Waals surface area (Å²) < 4.78 is 15.1. The first-order valence-corrected chi connectivity index (χ1v) is 18.8. The van der Waals surface area contributed by atoms with E-state index in [0.29, 0.717) is 11.5 Å². The Labute approximate surface area is 314 Å². The number of nitrogens with zero attached hydrogens (tertiary/aromatic N) is 2. The van der Waals surface area contributed by atoms with Gasteiger partial charge in [-0.3, -0.25) is 0 Å². The maximum absolute atomic E-state index is 6.43. The molecule has 0 aliphatic carbocycles. The van der Waals surface area contributed by atoms with Crippen molar-refractivity contribution in [3.63, 3.8) is 0 Å². The lowest BCUT2D eigenvalue weighted by Gasteiger charge is -2.26. The fourth-order valence-electron chi connectivity index (χ4n) is 7.65. The Kier molecular flexibility index (Phi) is 7.00. The number of rotatable bonds is 6. The Morgan fingerprint density at radius 3 is 1.78 bits per heavy atom. The first-order valence-electron chi connectivity index (χ1n) is 18.0. The number of thiophene rings is 1. The molecule has 0 aliphatic rings. The molecule has 4 nitrogen and oxygen atoms in total. The summed E-state index contributed by atoms with van der Waals surface area (Å²) in [6.07, 6.45) is 0. The van der Waals surface area contributed by atoms with Gasteiger partial charge in [-0.15, -0.1) is 11.3 Å². The smallest absolute Gasteiger partial charge is 0.227 e. The van der Waals surface area contributed by atoms with E-state index in [1.165, 1.54) is 31.3 Å². The second-order valence-corrected chi connectivity index (χ2v) is 14.6. The Morgan fingerprint density at radius 1 is 0.407 bits per heavy atom. The van der Waals surface area contributed by atoms with Crippen LogP contribution in [-0.4, -0.2) is 4.98 Å². The standard InChI is InChI=1S/C49H30N2O2S/c1-3-10-31(11-4-1)32-18-23-36(24-19-32)51(43-16-9-15-40-39-14-7-8-17-47(39)54-48(40)43)37-25-20-33(21-26-37)35-22-27-38-41-29-42-46(30-45(41)52-44(38)28-35)53-49(50-42)34-12-5-2-6-13-34/h1-30H. The summed E-state index contributed by atoms with van der Waals surface area (Å²) >= 11 is 1.85. The quantitative estimate of drug-likeness (QED) is 0.172. The van der Waals surface area contributed by atoms with Crippen LogP contribution in [0.4, 0.5) is 17.1 Å². The van der Waals surface area contributed by atoms with Crippen LogP contribution in [0.3, 0.4) is 0 Å². The topological polar surface area (TPSA) is 42.4 Å². The van der Waals surface area contributed by atoms with Crippen LogP contribution in [0.1, 0.15) is 0 Å². The third kappa shape index (κ3) is 5.09. The maximum atomic E-state index is 6.43. The second kappa shape index (κ2) is 12.3. The molecule has 0 fully saturated rings.